The monoisotopic (exact) mass is 364 g/mol. The Morgan fingerprint density at radius 3 is 2.44 bits per heavy atom. The average molecular weight is 365 g/mol. The first-order valence-corrected chi connectivity index (χ1v) is 8.11. The molecule has 0 fully saturated rings. The van der Waals surface area contributed by atoms with Gasteiger partial charge in [-0.2, -0.15) is 0 Å². The van der Waals surface area contributed by atoms with Gasteiger partial charge in [0.1, 0.15) is 11.5 Å². The molecule has 0 saturated heterocycles. The van der Waals surface area contributed by atoms with Crippen molar-refractivity contribution in [2.45, 2.75) is 26.2 Å². The van der Waals surface area contributed by atoms with Gasteiger partial charge < -0.3 is 20.5 Å². The maximum atomic E-state index is 12.3. The number of halogens is 1. The predicted octanol–water partition coefficient (Wildman–Crippen LogP) is 4.52. The molecule has 2 rings (SSSR count). The Morgan fingerprint density at radius 1 is 1.12 bits per heavy atom. The number of benzene rings is 2. The van der Waals surface area contributed by atoms with E-state index in [1.165, 1.54) is 6.42 Å². The molecule has 2 aromatic carbocycles. The molecule has 5 nitrogen and oxygen atoms in total. The fraction of sp³-hybridized carbons (Fsp3) is 0.316. The van der Waals surface area contributed by atoms with E-state index >= 15 is 0 Å². The molecule has 0 aliphatic heterocycles. The molecule has 2 aromatic rings. The maximum Gasteiger partial charge on any atom is 0.255 e. The lowest BCUT2D eigenvalue weighted by Crippen LogP contribution is -2.12. The van der Waals surface area contributed by atoms with E-state index < -0.39 is 0 Å². The number of unbranched alkanes of at least 4 members (excludes halogenated alkanes) is 2. The summed E-state index contributed by atoms with van der Waals surface area (Å²) in [6, 6.07) is 12.2. The summed E-state index contributed by atoms with van der Waals surface area (Å²) in [5, 5.41) is 2.81. The molecular formula is C19H25ClN2O3. The number of nitrogens with one attached hydrogen (secondary N) is 1. The first kappa shape index (κ1) is 20.6. The van der Waals surface area contributed by atoms with Crippen molar-refractivity contribution in [2.75, 3.05) is 24.8 Å². The van der Waals surface area contributed by atoms with Gasteiger partial charge in [-0.05, 0) is 48.9 Å². The van der Waals surface area contributed by atoms with Gasteiger partial charge in [-0.3, -0.25) is 4.79 Å². The summed E-state index contributed by atoms with van der Waals surface area (Å²) in [6.07, 6.45) is 3.36. The Morgan fingerprint density at radius 2 is 1.84 bits per heavy atom. The van der Waals surface area contributed by atoms with Crippen molar-refractivity contribution in [3.63, 3.8) is 0 Å². The predicted molar refractivity (Wildman–Crippen MR) is 104 cm³/mol. The van der Waals surface area contributed by atoms with Gasteiger partial charge in [0.25, 0.3) is 5.91 Å². The van der Waals surface area contributed by atoms with Crippen molar-refractivity contribution < 1.29 is 14.3 Å². The van der Waals surface area contributed by atoms with E-state index in [9.17, 15) is 4.79 Å². The van der Waals surface area contributed by atoms with Crippen LogP contribution in [0.5, 0.6) is 11.5 Å². The Bertz CT molecular complexity index is 675. The van der Waals surface area contributed by atoms with E-state index in [1.807, 2.05) is 12.1 Å². The Kier molecular flexibility index (Phi) is 8.64. The second-order valence-corrected chi connectivity index (χ2v) is 5.49. The van der Waals surface area contributed by atoms with Crippen molar-refractivity contribution >= 4 is 29.7 Å². The summed E-state index contributed by atoms with van der Waals surface area (Å²) in [4.78, 5) is 12.3. The molecule has 0 unspecified atom stereocenters. The van der Waals surface area contributed by atoms with Gasteiger partial charge >= 0.3 is 0 Å². The number of rotatable bonds is 8. The number of nitrogen functional groups attached to an aromatic ring is 1. The number of ether oxygens (including phenoxy) is 2. The summed E-state index contributed by atoms with van der Waals surface area (Å²) in [7, 11) is 1.55. The number of anilines is 2. The van der Waals surface area contributed by atoms with E-state index in [0.717, 1.165) is 18.6 Å². The number of hydrogen-bond acceptors (Lipinski definition) is 4. The molecule has 136 valence electrons. The number of hydrogen-bond donors (Lipinski definition) is 2. The van der Waals surface area contributed by atoms with E-state index in [4.69, 9.17) is 15.2 Å². The SMILES string of the molecule is CCCCCOc1ccc(C(=O)Nc2ccc(OC)c(N)c2)cc1.Cl. The van der Waals surface area contributed by atoms with Gasteiger partial charge in [-0.15, -0.1) is 12.4 Å². The highest BCUT2D eigenvalue weighted by atomic mass is 35.5. The Labute approximate surface area is 154 Å². The summed E-state index contributed by atoms with van der Waals surface area (Å²) >= 11 is 0. The molecule has 6 heteroatoms. The zero-order valence-corrected chi connectivity index (χ0v) is 15.4. The molecule has 3 N–H and O–H groups in total. The summed E-state index contributed by atoms with van der Waals surface area (Å²) in [5.74, 6) is 1.16. The van der Waals surface area contributed by atoms with Crippen LogP contribution in [0.1, 0.15) is 36.5 Å². The highest BCUT2D eigenvalue weighted by Gasteiger charge is 2.08. The molecule has 1 amide bonds. The van der Waals surface area contributed by atoms with Crippen molar-refractivity contribution in [2.24, 2.45) is 0 Å². The number of methoxy groups -OCH3 is 1. The normalized spacial score (nSPS) is 9.84. The third-order valence-corrected chi connectivity index (χ3v) is 3.62. The minimum absolute atomic E-state index is 0. The second kappa shape index (κ2) is 10.5. The smallest absolute Gasteiger partial charge is 0.255 e. The highest BCUT2D eigenvalue weighted by molar-refractivity contribution is 6.04. The zero-order chi connectivity index (χ0) is 17.4. The molecule has 0 aliphatic carbocycles. The van der Waals surface area contributed by atoms with Gasteiger partial charge in [-0.1, -0.05) is 19.8 Å². The van der Waals surface area contributed by atoms with Gasteiger partial charge in [0, 0.05) is 11.3 Å². The Balaban J connectivity index is 0.00000312. The van der Waals surface area contributed by atoms with Gasteiger partial charge in [-0.25, -0.2) is 0 Å². The van der Waals surface area contributed by atoms with E-state index in [2.05, 4.69) is 12.2 Å². The van der Waals surface area contributed by atoms with Crippen molar-refractivity contribution in [3.05, 3.63) is 48.0 Å². The second-order valence-electron chi connectivity index (χ2n) is 5.49. The van der Waals surface area contributed by atoms with Gasteiger partial charge in [0.15, 0.2) is 0 Å². The van der Waals surface area contributed by atoms with Crippen molar-refractivity contribution in [3.8, 4) is 11.5 Å². The van der Waals surface area contributed by atoms with Gasteiger partial charge in [0.05, 0.1) is 19.4 Å². The maximum absolute atomic E-state index is 12.3. The van der Waals surface area contributed by atoms with E-state index in [-0.39, 0.29) is 18.3 Å². The van der Waals surface area contributed by atoms with Crippen LogP contribution in [0, 0.1) is 0 Å². The van der Waals surface area contributed by atoms with Crippen LogP contribution < -0.4 is 20.5 Å². The molecule has 0 radical (unpaired) electrons. The third-order valence-electron chi connectivity index (χ3n) is 3.62. The zero-order valence-electron chi connectivity index (χ0n) is 14.6. The molecular weight excluding hydrogens is 340 g/mol. The largest absolute Gasteiger partial charge is 0.495 e. The van der Waals surface area contributed by atoms with Crippen LogP contribution >= 0.6 is 12.4 Å². The fourth-order valence-electron chi connectivity index (χ4n) is 2.26. The number of carbonyl (C=O) groups is 1. The quantitative estimate of drug-likeness (QED) is 0.533. The number of nitrogens with two attached hydrogens (primary N) is 1. The molecule has 25 heavy (non-hydrogen) atoms. The van der Waals surface area contributed by atoms with Crippen LogP contribution in [-0.4, -0.2) is 19.6 Å². The van der Waals surface area contributed by atoms with Crippen LogP contribution in [0.4, 0.5) is 11.4 Å². The highest BCUT2D eigenvalue weighted by Crippen LogP contribution is 2.25. The number of amides is 1. The topological polar surface area (TPSA) is 73.6 Å². The first-order chi connectivity index (χ1) is 11.6. The summed E-state index contributed by atoms with van der Waals surface area (Å²) < 4.78 is 10.7. The van der Waals surface area contributed by atoms with Crippen LogP contribution in [0.3, 0.4) is 0 Å². The lowest BCUT2D eigenvalue weighted by atomic mass is 10.2. The number of carbonyl (C=O) groups excluding carboxylic acids is 1. The van der Waals surface area contributed by atoms with Crippen molar-refractivity contribution in [1.82, 2.24) is 0 Å². The minimum Gasteiger partial charge on any atom is -0.495 e. The Hall–Kier alpha value is -2.40. The molecule has 0 aliphatic rings. The summed E-state index contributed by atoms with van der Waals surface area (Å²) in [6.45, 7) is 2.86. The van der Waals surface area contributed by atoms with Gasteiger partial charge in [0.2, 0.25) is 0 Å². The molecule has 0 atom stereocenters. The fourth-order valence-corrected chi connectivity index (χ4v) is 2.26. The molecule has 0 spiro atoms. The van der Waals surface area contributed by atoms with Crippen LogP contribution in [0.2, 0.25) is 0 Å². The van der Waals surface area contributed by atoms with E-state index in [0.29, 0.717) is 29.3 Å². The summed E-state index contributed by atoms with van der Waals surface area (Å²) in [5.41, 5.74) is 7.50. The molecule has 0 bridgehead atoms. The molecule has 0 saturated carbocycles. The van der Waals surface area contributed by atoms with Crippen LogP contribution in [0.25, 0.3) is 0 Å². The van der Waals surface area contributed by atoms with Crippen LogP contribution in [0.15, 0.2) is 42.5 Å². The molecule has 0 aromatic heterocycles. The third kappa shape index (κ3) is 6.19. The lowest BCUT2D eigenvalue weighted by Gasteiger charge is -2.10. The van der Waals surface area contributed by atoms with Crippen LogP contribution in [-0.2, 0) is 0 Å². The first-order valence-electron chi connectivity index (χ1n) is 8.11. The van der Waals surface area contributed by atoms with Crippen molar-refractivity contribution in [1.29, 1.82) is 0 Å². The standard InChI is InChI=1S/C19H24N2O3.ClH/c1-3-4-5-12-24-16-9-6-14(7-10-16)19(22)21-15-8-11-18(23-2)17(20)13-15;/h6-11,13H,3-5,12,20H2,1-2H3,(H,21,22);1H. The lowest BCUT2D eigenvalue weighted by molar-refractivity contribution is 0.102. The molecule has 0 heterocycles. The van der Waals surface area contributed by atoms with E-state index in [1.54, 1.807) is 37.4 Å². The minimum atomic E-state index is -0.197. The average Bonchev–Trinajstić information content (AvgIpc) is 2.59.